The summed E-state index contributed by atoms with van der Waals surface area (Å²) in [6.07, 6.45) is 2.88. The molecule has 2 aromatic rings. The van der Waals surface area contributed by atoms with Gasteiger partial charge in [-0.05, 0) is 48.7 Å². The van der Waals surface area contributed by atoms with Gasteiger partial charge in [0, 0.05) is 31.2 Å². The molecule has 0 amide bonds. The quantitative estimate of drug-likeness (QED) is 0.780. The normalized spacial score (nSPS) is 12.2. The molecule has 0 aliphatic heterocycles. The lowest BCUT2D eigenvalue weighted by Gasteiger charge is -2.22. The summed E-state index contributed by atoms with van der Waals surface area (Å²) in [4.78, 5) is 6.54. The van der Waals surface area contributed by atoms with Gasteiger partial charge in [0.1, 0.15) is 0 Å². The fourth-order valence-corrected chi connectivity index (χ4v) is 2.60. The molecule has 0 aliphatic carbocycles. The van der Waals surface area contributed by atoms with E-state index in [1.165, 1.54) is 0 Å². The summed E-state index contributed by atoms with van der Waals surface area (Å²) >= 11 is 0. The van der Waals surface area contributed by atoms with Crippen molar-refractivity contribution in [1.29, 1.82) is 0 Å². The van der Waals surface area contributed by atoms with Gasteiger partial charge in [-0.2, -0.15) is 0 Å². The van der Waals surface area contributed by atoms with E-state index in [0.717, 1.165) is 23.5 Å². The molecule has 0 radical (unpaired) electrons. The summed E-state index contributed by atoms with van der Waals surface area (Å²) in [6, 6.07) is 14.6. The van der Waals surface area contributed by atoms with Crippen molar-refractivity contribution in [3.05, 3.63) is 54.4 Å². The van der Waals surface area contributed by atoms with Crippen LogP contribution in [0.1, 0.15) is 32.0 Å². The van der Waals surface area contributed by atoms with Gasteiger partial charge in [-0.25, -0.2) is 0 Å². The summed E-state index contributed by atoms with van der Waals surface area (Å²) in [5.74, 6) is 0.587. The Hall–Kier alpha value is -2.07. The first-order valence-electron chi connectivity index (χ1n) is 8.19. The average molecular weight is 313 g/mol. The van der Waals surface area contributed by atoms with Gasteiger partial charge in [-0.15, -0.1) is 0 Å². The zero-order chi connectivity index (χ0) is 16.7. The number of aliphatic hydroxyl groups is 1. The van der Waals surface area contributed by atoms with Gasteiger partial charge >= 0.3 is 0 Å². The molecule has 1 aromatic heterocycles. The van der Waals surface area contributed by atoms with Crippen LogP contribution in [-0.2, 0) is 0 Å². The predicted molar refractivity (Wildman–Crippen MR) is 96.9 cm³/mol. The van der Waals surface area contributed by atoms with Crippen LogP contribution in [0.2, 0.25) is 0 Å². The summed E-state index contributed by atoms with van der Waals surface area (Å²) in [7, 11) is 1.98. The van der Waals surface area contributed by atoms with Gasteiger partial charge in [0.05, 0.1) is 18.3 Å². The first-order valence-corrected chi connectivity index (χ1v) is 8.19. The van der Waals surface area contributed by atoms with Crippen LogP contribution < -0.4 is 10.2 Å². The Morgan fingerprint density at radius 1 is 1.13 bits per heavy atom. The van der Waals surface area contributed by atoms with Crippen LogP contribution in [0.5, 0.6) is 0 Å². The molecule has 1 atom stereocenters. The average Bonchev–Trinajstić information content (AvgIpc) is 2.55. The molecule has 1 aromatic carbocycles. The third kappa shape index (κ3) is 5.25. The van der Waals surface area contributed by atoms with Crippen molar-refractivity contribution in [2.75, 3.05) is 30.4 Å². The largest absolute Gasteiger partial charge is 0.395 e. The van der Waals surface area contributed by atoms with Crippen molar-refractivity contribution >= 4 is 11.4 Å². The predicted octanol–water partition coefficient (Wildman–Crippen LogP) is 3.71. The lowest BCUT2D eigenvalue weighted by molar-refractivity contribution is 0.304. The van der Waals surface area contributed by atoms with Crippen LogP contribution in [0.3, 0.4) is 0 Å². The Bertz CT molecular complexity index is 569. The fraction of sp³-hybridized carbons (Fsp3) is 0.421. The maximum absolute atomic E-state index is 9.02. The molecule has 1 heterocycles. The molecule has 0 saturated heterocycles. The van der Waals surface area contributed by atoms with E-state index in [9.17, 15) is 0 Å². The highest BCUT2D eigenvalue weighted by atomic mass is 16.3. The molecule has 23 heavy (non-hydrogen) atoms. The Balaban J connectivity index is 2.10. The lowest BCUT2D eigenvalue weighted by Crippen LogP contribution is -2.21. The van der Waals surface area contributed by atoms with E-state index in [0.29, 0.717) is 12.5 Å². The minimum absolute atomic E-state index is 0.159. The van der Waals surface area contributed by atoms with E-state index in [2.05, 4.69) is 54.5 Å². The second-order valence-corrected chi connectivity index (χ2v) is 6.27. The van der Waals surface area contributed by atoms with E-state index in [1.54, 1.807) is 0 Å². The van der Waals surface area contributed by atoms with Gasteiger partial charge in [-0.3, -0.25) is 4.98 Å². The number of hydrogen-bond donors (Lipinski definition) is 2. The maximum atomic E-state index is 9.02. The van der Waals surface area contributed by atoms with E-state index in [-0.39, 0.29) is 12.6 Å². The van der Waals surface area contributed by atoms with Crippen LogP contribution in [0.4, 0.5) is 11.4 Å². The molecule has 1 unspecified atom stereocenters. The highest BCUT2D eigenvalue weighted by Gasteiger charge is 2.14. The molecule has 0 fully saturated rings. The standard InChI is InChI=1S/C19H27N3O/c1-15(2)14-19(18-6-4-5-11-20-18)21-16-7-9-17(10-8-16)22(3)12-13-23/h4-11,15,19,21,23H,12-14H2,1-3H3. The van der Waals surface area contributed by atoms with Crippen LogP contribution in [0.25, 0.3) is 0 Å². The van der Waals surface area contributed by atoms with Crippen molar-refractivity contribution in [2.24, 2.45) is 5.92 Å². The highest BCUT2D eigenvalue weighted by molar-refractivity contribution is 5.55. The Morgan fingerprint density at radius 2 is 1.87 bits per heavy atom. The number of nitrogens with one attached hydrogen (secondary N) is 1. The van der Waals surface area contributed by atoms with Crippen molar-refractivity contribution in [1.82, 2.24) is 4.98 Å². The van der Waals surface area contributed by atoms with Gasteiger partial charge in [0.2, 0.25) is 0 Å². The molecule has 4 heteroatoms. The highest BCUT2D eigenvalue weighted by Crippen LogP contribution is 2.26. The minimum atomic E-state index is 0.159. The lowest BCUT2D eigenvalue weighted by atomic mass is 10.00. The molecular formula is C19H27N3O. The first-order chi connectivity index (χ1) is 11.1. The Kier molecular flexibility index (Phi) is 6.41. The molecule has 2 N–H and O–H groups in total. The molecule has 0 bridgehead atoms. The summed E-state index contributed by atoms with van der Waals surface area (Å²) in [6.45, 7) is 5.25. The third-order valence-corrected chi connectivity index (χ3v) is 3.84. The Labute approximate surface area is 139 Å². The van der Waals surface area contributed by atoms with Crippen molar-refractivity contribution in [3.8, 4) is 0 Å². The van der Waals surface area contributed by atoms with Crippen LogP contribution >= 0.6 is 0 Å². The topological polar surface area (TPSA) is 48.4 Å². The number of aliphatic hydroxyl groups excluding tert-OH is 1. The number of aromatic nitrogens is 1. The smallest absolute Gasteiger partial charge is 0.0687 e. The maximum Gasteiger partial charge on any atom is 0.0687 e. The molecular weight excluding hydrogens is 286 g/mol. The molecule has 0 aliphatic rings. The van der Waals surface area contributed by atoms with Crippen LogP contribution in [0.15, 0.2) is 48.7 Å². The number of pyridine rings is 1. The van der Waals surface area contributed by atoms with E-state index in [4.69, 9.17) is 5.11 Å². The monoisotopic (exact) mass is 313 g/mol. The zero-order valence-corrected chi connectivity index (χ0v) is 14.2. The number of likely N-dealkylation sites (N-methyl/N-ethyl adjacent to an activating group) is 1. The van der Waals surface area contributed by atoms with Crippen molar-refractivity contribution < 1.29 is 5.11 Å². The number of nitrogens with zero attached hydrogens (tertiary/aromatic N) is 2. The SMILES string of the molecule is CC(C)CC(Nc1ccc(N(C)CCO)cc1)c1ccccn1. The molecule has 4 nitrogen and oxygen atoms in total. The zero-order valence-electron chi connectivity index (χ0n) is 14.2. The second kappa shape index (κ2) is 8.53. The van der Waals surface area contributed by atoms with Crippen LogP contribution in [-0.4, -0.2) is 30.3 Å². The van der Waals surface area contributed by atoms with E-state index in [1.807, 2.05) is 30.3 Å². The first kappa shape index (κ1) is 17.3. The number of anilines is 2. The van der Waals surface area contributed by atoms with Crippen LogP contribution in [0, 0.1) is 5.92 Å². The van der Waals surface area contributed by atoms with Gasteiger partial charge in [0.25, 0.3) is 0 Å². The number of hydrogen-bond acceptors (Lipinski definition) is 4. The summed E-state index contributed by atoms with van der Waals surface area (Å²) in [5, 5.41) is 12.6. The molecule has 2 rings (SSSR count). The Morgan fingerprint density at radius 3 is 2.43 bits per heavy atom. The number of rotatable bonds is 8. The molecule has 0 saturated carbocycles. The van der Waals surface area contributed by atoms with Gasteiger partial charge in [0.15, 0.2) is 0 Å². The van der Waals surface area contributed by atoms with E-state index >= 15 is 0 Å². The number of benzene rings is 1. The molecule has 0 spiro atoms. The van der Waals surface area contributed by atoms with Gasteiger partial charge in [-0.1, -0.05) is 19.9 Å². The van der Waals surface area contributed by atoms with Crippen molar-refractivity contribution in [2.45, 2.75) is 26.3 Å². The van der Waals surface area contributed by atoms with E-state index < -0.39 is 0 Å². The van der Waals surface area contributed by atoms with Gasteiger partial charge < -0.3 is 15.3 Å². The summed E-state index contributed by atoms with van der Waals surface area (Å²) < 4.78 is 0. The second-order valence-electron chi connectivity index (χ2n) is 6.27. The van der Waals surface area contributed by atoms with Crippen molar-refractivity contribution in [3.63, 3.8) is 0 Å². The summed E-state index contributed by atoms with van der Waals surface area (Å²) in [5.41, 5.74) is 3.26. The molecule has 124 valence electrons. The fourth-order valence-electron chi connectivity index (χ4n) is 2.60. The minimum Gasteiger partial charge on any atom is -0.395 e. The third-order valence-electron chi connectivity index (χ3n) is 3.84.